The van der Waals surface area contributed by atoms with Crippen molar-refractivity contribution in [2.45, 2.75) is 0 Å². The van der Waals surface area contributed by atoms with Crippen molar-refractivity contribution in [2.75, 3.05) is 24.9 Å². The van der Waals surface area contributed by atoms with Gasteiger partial charge in [0.2, 0.25) is 0 Å². The fourth-order valence-electron chi connectivity index (χ4n) is 3.06. The highest BCUT2D eigenvalue weighted by molar-refractivity contribution is 6.18. The van der Waals surface area contributed by atoms with E-state index in [1.807, 2.05) is 24.3 Å². The SMILES string of the molecule is COc1c(OCCCl)ccc2c(Nc3ccc4cn[nH]c4c3)c(C#N)cnc12. The molecular weight excluding hydrogens is 378 g/mol. The topological polar surface area (TPSA) is 95.9 Å². The summed E-state index contributed by atoms with van der Waals surface area (Å²) in [4.78, 5) is 4.42. The van der Waals surface area contributed by atoms with Gasteiger partial charge >= 0.3 is 0 Å². The predicted octanol–water partition coefficient (Wildman–Crippen LogP) is 4.35. The molecule has 0 fully saturated rings. The molecule has 140 valence electrons. The van der Waals surface area contributed by atoms with Gasteiger partial charge in [-0.25, -0.2) is 0 Å². The second-order valence-electron chi connectivity index (χ2n) is 5.99. The summed E-state index contributed by atoms with van der Waals surface area (Å²) in [5.74, 6) is 1.42. The molecule has 0 amide bonds. The number of aromatic amines is 1. The number of ether oxygens (including phenoxy) is 2. The van der Waals surface area contributed by atoms with E-state index in [1.54, 1.807) is 19.4 Å². The Labute approximate surface area is 165 Å². The van der Waals surface area contributed by atoms with Crippen LogP contribution >= 0.6 is 11.6 Å². The zero-order chi connectivity index (χ0) is 19.5. The van der Waals surface area contributed by atoms with Crippen molar-refractivity contribution in [1.82, 2.24) is 15.2 Å². The van der Waals surface area contributed by atoms with Crippen LogP contribution in [0.4, 0.5) is 11.4 Å². The van der Waals surface area contributed by atoms with Crippen molar-refractivity contribution in [1.29, 1.82) is 5.26 Å². The van der Waals surface area contributed by atoms with E-state index in [4.69, 9.17) is 21.1 Å². The summed E-state index contributed by atoms with van der Waals surface area (Å²) in [5.41, 5.74) is 3.39. The van der Waals surface area contributed by atoms with Gasteiger partial charge in [-0.05, 0) is 30.3 Å². The van der Waals surface area contributed by atoms with Crippen LogP contribution in [0.3, 0.4) is 0 Å². The number of nitriles is 1. The van der Waals surface area contributed by atoms with Crippen molar-refractivity contribution in [3.8, 4) is 17.6 Å². The first-order valence-corrected chi connectivity index (χ1v) is 9.07. The summed E-state index contributed by atoms with van der Waals surface area (Å²) < 4.78 is 11.2. The summed E-state index contributed by atoms with van der Waals surface area (Å²) in [6.45, 7) is 0.356. The number of halogens is 1. The number of methoxy groups -OCH3 is 1. The lowest BCUT2D eigenvalue weighted by atomic mass is 10.1. The molecule has 4 aromatic rings. The number of nitrogens with zero attached hydrogens (tertiary/aromatic N) is 3. The number of rotatable bonds is 6. The van der Waals surface area contributed by atoms with E-state index in [9.17, 15) is 5.26 Å². The molecule has 2 aromatic heterocycles. The Morgan fingerprint density at radius 3 is 2.93 bits per heavy atom. The number of benzene rings is 2. The van der Waals surface area contributed by atoms with Gasteiger partial charge in [0.25, 0.3) is 0 Å². The van der Waals surface area contributed by atoms with Crippen LogP contribution in [0.15, 0.2) is 42.7 Å². The van der Waals surface area contributed by atoms with Gasteiger partial charge in [0.1, 0.15) is 18.2 Å². The fourth-order valence-corrected chi connectivity index (χ4v) is 3.14. The normalized spacial score (nSPS) is 10.8. The summed E-state index contributed by atoms with van der Waals surface area (Å²) in [5, 5.41) is 21.6. The zero-order valence-corrected chi connectivity index (χ0v) is 15.7. The molecule has 8 heteroatoms. The molecule has 0 bridgehead atoms. The third kappa shape index (κ3) is 3.15. The van der Waals surface area contributed by atoms with E-state index < -0.39 is 0 Å². The van der Waals surface area contributed by atoms with Crippen LogP contribution in [0, 0.1) is 11.3 Å². The molecule has 28 heavy (non-hydrogen) atoms. The molecule has 0 aliphatic heterocycles. The summed E-state index contributed by atoms with van der Waals surface area (Å²) in [6.07, 6.45) is 3.28. The maximum absolute atomic E-state index is 9.58. The first kappa shape index (κ1) is 17.9. The molecule has 0 radical (unpaired) electrons. The minimum absolute atomic E-state index is 0.356. The summed E-state index contributed by atoms with van der Waals surface area (Å²) in [7, 11) is 1.56. The Morgan fingerprint density at radius 2 is 2.14 bits per heavy atom. The lowest BCUT2D eigenvalue weighted by Gasteiger charge is -2.15. The predicted molar refractivity (Wildman–Crippen MR) is 109 cm³/mol. The lowest BCUT2D eigenvalue weighted by Crippen LogP contribution is -2.02. The maximum atomic E-state index is 9.58. The first-order chi connectivity index (χ1) is 13.7. The molecule has 0 aliphatic carbocycles. The zero-order valence-electron chi connectivity index (χ0n) is 15.0. The highest BCUT2D eigenvalue weighted by Gasteiger charge is 2.16. The molecule has 2 N–H and O–H groups in total. The van der Waals surface area contributed by atoms with Gasteiger partial charge in [-0.3, -0.25) is 10.1 Å². The van der Waals surface area contributed by atoms with Crippen molar-refractivity contribution in [3.05, 3.63) is 48.3 Å². The lowest BCUT2D eigenvalue weighted by molar-refractivity contribution is 0.314. The highest BCUT2D eigenvalue weighted by atomic mass is 35.5. The largest absolute Gasteiger partial charge is 0.491 e. The molecule has 0 saturated heterocycles. The molecule has 0 unspecified atom stereocenters. The van der Waals surface area contributed by atoms with Crippen molar-refractivity contribution in [2.24, 2.45) is 0 Å². The number of fused-ring (bicyclic) bond motifs is 2. The number of hydrogen-bond donors (Lipinski definition) is 2. The molecule has 2 aromatic carbocycles. The second-order valence-corrected chi connectivity index (χ2v) is 6.36. The van der Waals surface area contributed by atoms with Gasteiger partial charge < -0.3 is 14.8 Å². The Kier molecular flexibility index (Phi) is 4.87. The summed E-state index contributed by atoms with van der Waals surface area (Å²) >= 11 is 5.72. The number of alkyl halides is 1. The first-order valence-electron chi connectivity index (χ1n) is 8.54. The minimum Gasteiger partial charge on any atom is -0.491 e. The Hall–Kier alpha value is -3.50. The van der Waals surface area contributed by atoms with Crippen LogP contribution in [0.5, 0.6) is 11.5 Å². The van der Waals surface area contributed by atoms with Crippen LogP contribution in [0.25, 0.3) is 21.8 Å². The van der Waals surface area contributed by atoms with E-state index in [-0.39, 0.29) is 0 Å². The van der Waals surface area contributed by atoms with Crippen LogP contribution in [0.2, 0.25) is 0 Å². The van der Waals surface area contributed by atoms with Gasteiger partial charge in [0.15, 0.2) is 11.5 Å². The number of aromatic nitrogens is 3. The number of nitrogens with one attached hydrogen (secondary N) is 2. The van der Waals surface area contributed by atoms with Gasteiger partial charge in [-0.2, -0.15) is 10.4 Å². The smallest absolute Gasteiger partial charge is 0.187 e. The number of pyridine rings is 1. The molecule has 7 nitrogen and oxygen atoms in total. The van der Waals surface area contributed by atoms with Gasteiger partial charge in [-0.1, -0.05) is 0 Å². The molecule has 4 rings (SSSR count). The van der Waals surface area contributed by atoms with E-state index in [0.717, 1.165) is 22.0 Å². The van der Waals surface area contributed by atoms with Crippen LogP contribution < -0.4 is 14.8 Å². The highest BCUT2D eigenvalue weighted by Crippen LogP contribution is 2.39. The number of anilines is 2. The van der Waals surface area contributed by atoms with Crippen LogP contribution in [0.1, 0.15) is 5.56 Å². The monoisotopic (exact) mass is 393 g/mol. The van der Waals surface area contributed by atoms with Crippen LogP contribution in [-0.2, 0) is 0 Å². The van der Waals surface area contributed by atoms with E-state index in [2.05, 4.69) is 26.6 Å². The average molecular weight is 394 g/mol. The maximum Gasteiger partial charge on any atom is 0.187 e. The molecule has 0 aliphatic rings. The quantitative estimate of drug-likeness (QED) is 0.473. The standard InChI is InChI=1S/C20H16ClN5O2/c1-27-20-17(28-7-6-21)5-4-15-18(13(9-22)10-23-19(15)20)25-14-3-2-12-11-24-26-16(12)8-14/h2-5,8,10-11H,6-7H2,1H3,(H,23,25)(H,24,26). The number of hydrogen-bond acceptors (Lipinski definition) is 6. The van der Waals surface area contributed by atoms with Crippen molar-refractivity contribution >= 4 is 44.8 Å². The van der Waals surface area contributed by atoms with Crippen molar-refractivity contribution in [3.63, 3.8) is 0 Å². The second kappa shape index (κ2) is 7.62. The van der Waals surface area contributed by atoms with Gasteiger partial charge in [-0.15, -0.1) is 11.6 Å². The van der Waals surface area contributed by atoms with Crippen LogP contribution in [-0.4, -0.2) is 34.8 Å². The average Bonchev–Trinajstić information content (AvgIpc) is 3.19. The van der Waals surface area contributed by atoms with Gasteiger partial charge in [0.05, 0.1) is 36.0 Å². The molecule has 0 saturated carbocycles. The van der Waals surface area contributed by atoms with Gasteiger partial charge in [0, 0.05) is 22.7 Å². The molecular formula is C20H16ClN5O2. The molecule has 2 heterocycles. The molecule has 0 spiro atoms. The third-order valence-corrected chi connectivity index (χ3v) is 4.48. The Morgan fingerprint density at radius 1 is 1.25 bits per heavy atom. The Balaban J connectivity index is 1.84. The van der Waals surface area contributed by atoms with E-state index in [0.29, 0.717) is 40.8 Å². The fraction of sp³-hybridized carbons (Fsp3) is 0.150. The van der Waals surface area contributed by atoms with E-state index in [1.165, 1.54) is 6.20 Å². The third-order valence-electron chi connectivity index (χ3n) is 4.33. The summed E-state index contributed by atoms with van der Waals surface area (Å²) in [6, 6.07) is 11.7. The molecule has 0 atom stereocenters. The van der Waals surface area contributed by atoms with Crippen molar-refractivity contribution < 1.29 is 9.47 Å². The minimum atomic E-state index is 0.356. The Bertz CT molecular complexity index is 1200. The number of H-pyrrole nitrogens is 1. The van der Waals surface area contributed by atoms with E-state index >= 15 is 0 Å².